The molecule has 0 radical (unpaired) electrons. The summed E-state index contributed by atoms with van der Waals surface area (Å²) in [6, 6.07) is 3.58. The highest BCUT2D eigenvalue weighted by atomic mass is 35.5. The maximum absolute atomic E-state index is 13.0. The molecule has 1 N–H and O–H groups in total. The van der Waals surface area contributed by atoms with E-state index in [1.807, 2.05) is 30.3 Å². The largest absolute Gasteiger partial charge is 0.493 e. The number of rotatable bonds is 5. The zero-order chi connectivity index (χ0) is 18.0. The molecule has 7 nitrogen and oxygen atoms in total. The second-order valence-electron chi connectivity index (χ2n) is 6.15. The van der Waals surface area contributed by atoms with Gasteiger partial charge in [-0.1, -0.05) is 0 Å². The Morgan fingerprint density at radius 1 is 1.23 bits per heavy atom. The van der Waals surface area contributed by atoms with Gasteiger partial charge in [-0.25, -0.2) is 0 Å². The first-order chi connectivity index (χ1) is 12.1. The lowest BCUT2D eigenvalue weighted by Crippen LogP contribution is -2.42. The minimum atomic E-state index is -0.393. The molecule has 0 spiro atoms. The van der Waals surface area contributed by atoms with Crippen LogP contribution in [0.1, 0.15) is 22.7 Å². The predicted octanol–water partition coefficient (Wildman–Crippen LogP) is 1.70. The van der Waals surface area contributed by atoms with E-state index < -0.39 is 6.04 Å². The zero-order valence-corrected chi connectivity index (χ0v) is 16.3. The van der Waals surface area contributed by atoms with Gasteiger partial charge in [0.25, 0.3) is 0 Å². The fourth-order valence-corrected chi connectivity index (χ4v) is 3.28. The van der Waals surface area contributed by atoms with E-state index in [9.17, 15) is 4.79 Å². The first kappa shape index (κ1) is 20.1. The van der Waals surface area contributed by atoms with Gasteiger partial charge >= 0.3 is 0 Å². The highest BCUT2D eigenvalue weighted by Crippen LogP contribution is 2.33. The number of ether oxygens (including phenoxy) is 2. The summed E-state index contributed by atoms with van der Waals surface area (Å²) in [4.78, 5) is 14.9. The quantitative estimate of drug-likeness (QED) is 0.855. The smallest absolute Gasteiger partial charge is 0.244 e. The molecule has 0 saturated carbocycles. The van der Waals surface area contributed by atoms with Crippen LogP contribution < -0.4 is 14.8 Å². The number of carbonyl (C=O) groups excluding carboxylic acids is 1. The Balaban J connectivity index is 0.00000243. The number of likely N-dealkylation sites (N-methyl/N-ethyl adjacent to an activating group) is 1. The highest BCUT2D eigenvalue weighted by molar-refractivity contribution is 5.85. The van der Waals surface area contributed by atoms with Gasteiger partial charge in [-0.05, 0) is 36.7 Å². The molecule has 1 atom stereocenters. The molecule has 0 saturated heterocycles. The monoisotopic (exact) mass is 380 g/mol. The van der Waals surface area contributed by atoms with Crippen LogP contribution in [0.25, 0.3) is 0 Å². The van der Waals surface area contributed by atoms with Crippen LogP contribution in [0.5, 0.6) is 11.5 Å². The molecular weight excluding hydrogens is 356 g/mol. The van der Waals surface area contributed by atoms with Crippen molar-refractivity contribution >= 4 is 18.3 Å². The average Bonchev–Trinajstić information content (AvgIpc) is 3.06. The third-order valence-electron chi connectivity index (χ3n) is 4.62. The molecule has 1 aromatic heterocycles. The van der Waals surface area contributed by atoms with Crippen molar-refractivity contribution < 1.29 is 14.3 Å². The molecule has 2 aromatic rings. The molecule has 1 aromatic carbocycles. The molecule has 1 aliphatic heterocycles. The molecule has 0 fully saturated rings. The van der Waals surface area contributed by atoms with E-state index in [0.29, 0.717) is 18.8 Å². The number of aromatic nitrogens is 2. The molecule has 1 amide bonds. The van der Waals surface area contributed by atoms with Crippen molar-refractivity contribution in [1.82, 2.24) is 20.0 Å². The first-order valence-electron chi connectivity index (χ1n) is 8.25. The summed E-state index contributed by atoms with van der Waals surface area (Å²) in [6.45, 7) is 1.24. The molecule has 8 heteroatoms. The third kappa shape index (κ3) is 3.78. The van der Waals surface area contributed by atoms with E-state index in [2.05, 4.69) is 10.4 Å². The molecule has 1 aliphatic rings. The summed E-state index contributed by atoms with van der Waals surface area (Å²) in [5, 5.41) is 7.27. The third-order valence-corrected chi connectivity index (χ3v) is 4.62. The number of nitrogens with zero attached hydrogens (tertiary/aromatic N) is 3. The number of aryl methyl sites for hydroxylation is 1. The van der Waals surface area contributed by atoms with Crippen molar-refractivity contribution in [3.05, 3.63) is 41.2 Å². The van der Waals surface area contributed by atoms with Crippen molar-refractivity contribution in [2.24, 2.45) is 7.05 Å². The Labute approximate surface area is 159 Å². The Bertz CT molecular complexity index is 778. The SMILES string of the molecule is CNC(C(=O)N1CCc2cc(OC)c(OC)cc2C1)c1cnn(C)c1.Cl. The van der Waals surface area contributed by atoms with Gasteiger partial charge in [-0.2, -0.15) is 5.10 Å². The summed E-state index contributed by atoms with van der Waals surface area (Å²) < 4.78 is 12.5. The summed E-state index contributed by atoms with van der Waals surface area (Å²) in [5.41, 5.74) is 3.16. The van der Waals surface area contributed by atoms with E-state index in [1.165, 1.54) is 5.56 Å². The second-order valence-corrected chi connectivity index (χ2v) is 6.15. The number of nitrogens with one attached hydrogen (secondary N) is 1. The van der Waals surface area contributed by atoms with Crippen LogP contribution in [-0.4, -0.2) is 48.4 Å². The van der Waals surface area contributed by atoms with Crippen molar-refractivity contribution in [2.75, 3.05) is 27.8 Å². The maximum atomic E-state index is 13.0. The minimum Gasteiger partial charge on any atom is -0.493 e. The molecular formula is C18H25ClN4O3. The zero-order valence-electron chi connectivity index (χ0n) is 15.5. The number of amides is 1. The lowest BCUT2D eigenvalue weighted by atomic mass is 9.97. The summed E-state index contributed by atoms with van der Waals surface area (Å²) >= 11 is 0. The molecule has 1 unspecified atom stereocenters. The number of methoxy groups -OCH3 is 2. The lowest BCUT2D eigenvalue weighted by molar-refractivity contribution is -0.134. The van der Waals surface area contributed by atoms with Gasteiger partial charge in [0.2, 0.25) is 5.91 Å². The first-order valence-corrected chi connectivity index (χ1v) is 8.25. The molecule has 0 bridgehead atoms. The molecule has 142 valence electrons. The Hall–Kier alpha value is -2.25. The van der Waals surface area contributed by atoms with Crippen LogP contribution in [-0.2, 0) is 24.8 Å². The fraction of sp³-hybridized carbons (Fsp3) is 0.444. The Morgan fingerprint density at radius 2 is 1.88 bits per heavy atom. The number of hydrogen-bond donors (Lipinski definition) is 1. The van der Waals surface area contributed by atoms with Crippen molar-refractivity contribution in [3.8, 4) is 11.5 Å². The van der Waals surface area contributed by atoms with Crippen LogP contribution in [0.15, 0.2) is 24.5 Å². The molecule has 26 heavy (non-hydrogen) atoms. The number of benzene rings is 1. The Kier molecular flexibility index (Phi) is 6.50. The van der Waals surface area contributed by atoms with Gasteiger partial charge in [0.1, 0.15) is 6.04 Å². The van der Waals surface area contributed by atoms with Gasteiger partial charge in [-0.3, -0.25) is 9.48 Å². The number of hydrogen-bond acceptors (Lipinski definition) is 5. The Morgan fingerprint density at radius 3 is 2.42 bits per heavy atom. The van der Waals surface area contributed by atoms with Crippen molar-refractivity contribution in [3.63, 3.8) is 0 Å². The maximum Gasteiger partial charge on any atom is 0.244 e. The topological polar surface area (TPSA) is 68.6 Å². The minimum absolute atomic E-state index is 0. The summed E-state index contributed by atoms with van der Waals surface area (Å²) in [6.07, 6.45) is 4.39. The second kappa shape index (κ2) is 8.42. The average molecular weight is 381 g/mol. The van der Waals surface area contributed by atoms with Crippen molar-refractivity contribution in [1.29, 1.82) is 0 Å². The van der Waals surface area contributed by atoms with Crippen LogP contribution in [0.4, 0.5) is 0 Å². The van der Waals surface area contributed by atoms with Gasteiger partial charge in [0.15, 0.2) is 11.5 Å². The van der Waals surface area contributed by atoms with Gasteiger partial charge in [0.05, 0.1) is 20.4 Å². The summed E-state index contributed by atoms with van der Waals surface area (Å²) in [7, 11) is 6.89. The molecule has 2 heterocycles. The van der Waals surface area contributed by atoms with Crippen molar-refractivity contribution in [2.45, 2.75) is 19.0 Å². The fourth-order valence-electron chi connectivity index (χ4n) is 3.28. The van der Waals surface area contributed by atoms with Crippen LogP contribution in [0.2, 0.25) is 0 Å². The van der Waals surface area contributed by atoms with E-state index >= 15 is 0 Å². The van der Waals surface area contributed by atoms with Crippen LogP contribution >= 0.6 is 12.4 Å². The van der Waals surface area contributed by atoms with Crippen LogP contribution in [0.3, 0.4) is 0 Å². The van der Waals surface area contributed by atoms with Crippen LogP contribution in [0, 0.1) is 0 Å². The standard InChI is InChI=1S/C18H24N4O3.ClH/c1-19-17(14-9-20-21(2)10-14)18(23)22-6-5-12-7-15(24-3)16(25-4)8-13(12)11-22;/h7-10,17,19H,5-6,11H2,1-4H3;1H. The number of halogens is 1. The molecule has 0 aliphatic carbocycles. The number of fused-ring (bicyclic) bond motifs is 1. The van der Waals surface area contributed by atoms with Gasteiger partial charge < -0.3 is 19.7 Å². The van der Waals surface area contributed by atoms with Gasteiger partial charge in [0, 0.05) is 31.9 Å². The van der Waals surface area contributed by atoms with E-state index in [4.69, 9.17) is 9.47 Å². The van der Waals surface area contributed by atoms with E-state index in [0.717, 1.165) is 23.3 Å². The predicted molar refractivity (Wildman–Crippen MR) is 101 cm³/mol. The van der Waals surface area contributed by atoms with Gasteiger partial charge in [-0.15, -0.1) is 12.4 Å². The summed E-state index contributed by atoms with van der Waals surface area (Å²) in [5.74, 6) is 1.47. The number of carbonyl (C=O) groups is 1. The van der Waals surface area contributed by atoms with E-state index in [-0.39, 0.29) is 18.3 Å². The lowest BCUT2D eigenvalue weighted by Gasteiger charge is -2.32. The normalized spacial score (nSPS) is 14.2. The van der Waals surface area contributed by atoms with E-state index in [1.54, 1.807) is 32.1 Å². The molecule has 3 rings (SSSR count). The highest BCUT2D eigenvalue weighted by Gasteiger charge is 2.29.